The second kappa shape index (κ2) is 6.45. The molecule has 2 rings (SSSR count). The molecule has 0 heterocycles. The second-order valence-corrected chi connectivity index (χ2v) is 5.13. The molecule has 0 saturated heterocycles. The summed E-state index contributed by atoms with van der Waals surface area (Å²) in [4.78, 5) is 10.5. The maximum atomic E-state index is 11.0. The molecule has 2 N–H and O–H groups in total. The van der Waals surface area contributed by atoms with E-state index in [1.54, 1.807) is 7.05 Å². The third-order valence-electron chi connectivity index (χ3n) is 3.15. The fourth-order valence-electron chi connectivity index (χ4n) is 2.05. The molecular formula is C15H16ClN3O2. The monoisotopic (exact) mass is 305 g/mol. The molecular weight excluding hydrogens is 290 g/mol. The Balaban J connectivity index is 2.26. The number of rotatable bonds is 5. The number of benzene rings is 2. The number of non-ortho nitro benzene ring substituents is 1. The molecule has 0 amide bonds. The molecule has 0 radical (unpaired) electrons. The molecule has 2 aromatic carbocycles. The van der Waals surface area contributed by atoms with E-state index in [0.29, 0.717) is 16.4 Å². The summed E-state index contributed by atoms with van der Waals surface area (Å²) in [6.45, 7) is 1.98. The molecule has 0 aliphatic carbocycles. The fraction of sp³-hybridized carbons (Fsp3) is 0.200. The van der Waals surface area contributed by atoms with Crippen molar-refractivity contribution in [2.75, 3.05) is 17.7 Å². The fourth-order valence-corrected chi connectivity index (χ4v) is 2.25. The van der Waals surface area contributed by atoms with E-state index in [2.05, 4.69) is 10.6 Å². The number of halogens is 1. The molecule has 1 unspecified atom stereocenters. The smallest absolute Gasteiger partial charge is 0.273 e. The summed E-state index contributed by atoms with van der Waals surface area (Å²) in [6, 6.07) is 12.3. The second-order valence-electron chi connectivity index (χ2n) is 4.70. The average Bonchev–Trinajstić information content (AvgIpc) is 2.46. The minimum atomic E-state index is -0.407. The number of hydrogen-bond donors (Lipinski definition) is 2. The van der Waals surface area contributed by atoms with Gasteiger partial charge in [0.2, 0.25) is 0 Å². The van der Waals surface area contributed by atoms with Gasteiger partial charge in [0.05, 0.1) is 4.92 Å². The van der Waals surface area contributed by atoms with E-state index >= 15 is 0 Å². The number of nitro groups is 1. The number of anilines is 2. The lowest BCUT2D eigenvalue weighted by Gasteiger charge is -2.16. The Morgan fingerprint density at radius 1 is 1.19 bits per heavy atom. The van der Waals surface area contributed by atoms with Crippen molar-refractivity contribution in [3.8, 4) is 0 Å². The quantitative estimate of drug-likeness (QED) is 0.632. The van der Waals surface area contributed by atoms with Crippen LogP contribution in [0.4, 0.5) is 17.1 Å². The van der Waals surface area contributed by atoms with E-state index in [1.807, 2.05) is 37.3 Å². The highest BCUT2D eigenvalue weighted by molar-refractivity contribution is 6.30. The predicted molar refractivity (Wildman–Crippen MR) is 86.1 cm³/mol. The topological polar surface area (TPSA) is 67.2 Å². The molecule has 0 fully saturated rings. The van der Waals surface area contributed by atoms with Gasteiger partial charge in [-0.15, -0.1) is 0 Å². The van der Waals surface area contributed by atoms with Crippen molar-refractivity contribution >= 4 is 28.7 Å². The van der Waals surface area contributed by atoms with Crippen LogP contribution in [0.3, 0.4) is 0 Å². The van der Waals surface area contributed by atoms with Crippen LogP contribution < -0.4 is 10.6 Å². The normalized spacial score (nSPS) is 11.8. The number of nitro benzene ring substituents is 1. The van der Waals surface area contributed by atoms with Gasteiger partial charge >= 0.3 is 0 Å². The van der Waals surface area contributed by atoms with E-state index in [0.717, 1.165) is 5.56 Å². The molecule has 5 nitrogen and oxygen atoms in total. The van der Waals surface area contributed by atoms with Crippen LogP contribution in [0.15, 0.2) is 42.5 Å². The lowest BCUT2D eigenvalue weighted by atomic mass is 10.1. The first-order valence-corrected chi connectivity index (χ1v) is 6.86. The molecule has 6 heteroatoms. The Morgan fingerprint density at radius 3 is 2.52 bits per heavy atom. The van der Waals surface area contributed by atoms with Gasteiger partial charge in [-0.25, -0.2) is 0 Å². The third kappa shape index (κ3) is 3.86. The van der Waals surface area contributed by atoms with Crippen LogP contribution >= 0.6 is 11.6 Å². The first-order chi connectivity index (χ1) is 9.99. The highest BCUT2D eigenvalue weighted by Crippen LogP contribution is 2.27. The Kier molecular flexibility index (Phi) is 4.65. The molecule has 2 aromatic rings. The van der Waals surface area contributed by atoms with Gasteiger partial charge in [0.25, 0.3) is 5.69 Å². The molecule has 1 atom stereocenters. The van der Waals surface area contributed by atoms with Crippen LogP contribution in [-0.2, 0) is 0 Å². The van der Waals surface area contributed by atoms with Crippen molar-refractivity contribution < 1.29 is 4.92 Å². The van der Waals surface area contributed by atoms with Crippen molar-refractivity contribution in [2.24, 2.45) is 0 Å². The largest absolute Gasteiger partial charge is 0.388 e. The van der Waals surface area contributed by atoms with Crippen molar-refractivity contribution in [1.82, 2.24) is 0 Å². The van der Waals surface area contributed by atoms with Gasteiger partial charge in [-0.3, -0.25) is 10.1 Å². The van der Waals surface area contributed by atoms with Crippen molar-refractivity contribution in [2.45, 2.75) is 13.0 Å². The Bertz CT molecular complexity index is 661. The van der Waals surface area contributed by atoms with Gasteiger partial charge in [-0.05, 0) is 30.7 Å². The third-order valence-corrected chi connectivity index (χ3v) is 3.38. The summed E-state index contributed by atoms with van der Waals surface area (Å²) >= 11 is 5.98. The summed E-state index contributed by atoms with van der Waals surface area (Å²) in [5.74, 6) is 0. The van der Waals surface area contributed by atoms with Gasteiger partial charge in [0, 0.05) is 41.6 Å². The highest BCUT2D eigenvalue weighted by Gasteiger charge is 2.12. The summed E-state index contributed by atoms with van der Waals surface area (Å²) in [6.07, 6.45) is 0. The SMILES string of the molecule is CNc1cc(NC(C)c2cccc(Cl)c2)cc([N+](=O)[O-])c1. The maximum Gasteiger partial charge on any atom is 0.273 e. The van der Waals surface area contributed by atoms with Gasteiger partial charge in [-0.1, -0.05) is 23.7 Å². The number of nitrogens with one attached hydrogen (secondary N) is 2. The summed E-state index contributed by atoms with van der Waals surface area (Å²) in [5, 5.41) is 17.8. The van der Waals surface area contributed by atoms with Crippen LogP contribution in [0.2, 0.25) is 5.02 Å². The summed E-state index contributed by atoms with van der Waals surface area (Å²) < 4.78 is 0. The maximum absolute atomic E-state index is 11.0. The molecule has 0 saturated carbocycles. The zero-order valence-corrected chi connectivity index (χ0v) is 12.5. The predicted octanol–water partition coefficient (Wildman–Crippen LogP) is 4.46. The Labute approximate surface area is 128 Å². The lowest BCUT2D eigenvalue weighted by Crippen LogP contribution is -2.07. The van der Waals surface area contributed by atoms with Crippen LogP contribution in [-0.4, -0.2) is 12.0 Å². The molecule has 0 aromatic heterocycles. The molecule has 110 valence electrons. The van der Waals surface area contributed by atoms with Crippen LogP contribution in [0, 0.1) is 10.1 Å². The van der Waals surface area contributed by atoms with E-state index in [1.165, 1.54) is 12.1 Å². The number of nitrogens with zero attached hydrogens (tertiary/aromatic N) is 1. The van der Waals surface area contributed by atoms with Crippen LogP contribution in [0.5, 0.6) is 0 Å². The highest BCUT2D eigenvalue weighted by atomic mass is 35.5. The molecule has 0 aliphatic rings. The minimum Gasteiger partial charge on any atom is -0.388 e. The standard InChI is InChI=1S/C15H16ClN3O2/c1-10(11-4-3-5-12(16)6-11)18-14-7-13(17-2)8-15(9-14)19(20)21/h3-10,17-18H,1-2H3. The Hall–Kier alpha value is -2.27. The van der Waals surface area contributed by atoms with Gasteiger partial charge in [-0.2, -0.15) is 0 Å². The molecule has 0 aliphatic heterocycles. The number of hydrogen-bond acceptors (Lipinski definition) is 4. The molecule has 0 bridgehead atoms. The van der Waals surface area contributed by atoms with Crippen LogP contribution in [0.25, 0.3) is 0 Å². The van der Waals surface area contributed by atoms with E-state index < -0.39 is 4.92 Å². The first-order valence-electron chi connectivity index (χ1n) is 6.49. The minimum absolute atomic E-state index is 0.0181. The first kappa shape index (κ1) is 15.1. The molecule has 21 heavy (non-hydrogen) atoms. The van der Waals surface area contributed by atoms with E-state index in [-0.39, 0.29) is 11.7 Å². The zero-order valence-electron chi connectivity index (χ0n) is 11.8. The summed E-state index contributed by atoms with van der Waals surface area (Å²) in [5.41, 5.74) is 2.42. The lowest BCUT2D eigenvalue weighted by molar-refractivity contribution is -0.384. The summed E-state index contributed by atoms with van der Waals surface area (Å²) in [7, 11) is 1.73. The zero-order chi connectivity index (χ0) is 15.4. The van der Waals surface area contributed by atoms with Crippen molar-refractivity contribution in [1.29, 1.82) is 0 Å². The van der Waals surface area contributed by atoms with Crippen LogP contribution in [0.1, 0.15) is 18.5 Å². The van der Waals surface area contributed by atoms with Gasteiger partial charge in [0.15, 0.2) is 0 Å². The Morgan fingerprint density at radius 2 is 1.90 bits per heavy atom. The van der Waals surface area contributed by atoms with Crippen molar-refractivity contribution in [3.05, 3.63) is 63.2 Å². The van der Waals surface area contributed by atoms with E-state index in [9.17, 15) is 10.1 Å². The average molecular weight is 306 g/mol. The molecule has 0 spiro atoms. The van der Waals surface area contributed by atoms with Gasteiger partial charge < -0.3 is 10.6 Å². The van der Waals surface area contributed by atoms with E-state index in [4.69, 9.17) is 11.6 Å². The van der Waals surface area contributed by atoms with Gasteiger partial charge in [0.1, 0.15) is 0 Å². The van der Waals surface area contributed by atoms with Crippen molar-refractivity contribution in [3.63, 3.8) is 0 Å².